The zero-order valence-electron chi connectivity index (χ0n) is 34.1. The molecule has 14 nitrogen and oxygen atoms in total. The van der Waals surface area contributed by atoms with Crippen molar-refractivity contribution in [1.29, 1.82) is 0 Å². The molecule has 302 valence electrons. The van der Waals surface area contributed by atoms with Gasteiger partial charge in [-0.25, -0.2) is 14.6 Å². The molecule has 0 unspecified atom stereocenters. The molecule has 2 aromatic carbocycles. The molecule has 2 atom stereocenters. The van der Waals surface area contributed by atoms with E-state index in [0.717, 1.165) is 5.56 Å². The van der Waals surface area contributed by atoms with Gasteiger partial charge in [0, 0.05) is 30.6 Å². The number of aromatic amines is 1. The Morgan fingerprint density at radius 2 is 1.36 bits per heavy atom. The molecule has 0 spiro atoms. The Kier molecular flexibility index (Phi) is 15.0. The van der Waals surface area contributed by atoms with Crippen molar-refractivity contribution < 1.29 is 38.2 Å². The third-order valence-electron chi connectivity index (χ3n) is 7.78. The molecule has 3 N–H and O–H groups in total. The number of rotatable bonds is 15. The molecular weight excluding hydrogens is 718 g/mol. The highest BCUT2D eigenvalue weighted by Crippen LogP contribution is 2.21. The number of carbonyl (C=O) groups excluding carboxylic acids is 5. The summed E-state index contributed by atoms with van der Waals surface area (Å²) < 4.78 is 16.4. The maximum Gasteiger partial charge on any atom is 0.329 e. The number of amides is 2. The lowest BCUT2D eigenvalue weighted by Gasteiger charge is -2.26. The average Bonchev–Trinajstić information content (AvgIpc) is 3.06. The maximum atomic E-state index is 13.5. The van der Waals surface area contributed by atoms with Gasteiger partial charge in [0.2, 0.25) is 5.91 Å². The lowest BCUT2D eigenvalue weighted by molar-refractivity contribution is -0.161. The summed E-state index contributed by atoms with van der Waals surface area (Å²) in [6, 6.07) is 9.64. The number of nitrogens with one attached hydrogen (secondary N) is 3. The van der Waals surface area contributed by atoms with E-state index in [1.54, 1.807) is 106 Å². The van der Waals surface area contributed by atoms with Crippen LogP contribution < -0.4 is 21.1 Å². The molecule has 0 aliphatic heterocycles. The number of anilines is 1. The van der Waals surface area contributed by atoms with E-state index in [0.29, 0.717) is 29.0 Å². The summed E-state index contributed by atoms with van der Waals surface area (Å²) in [4.78, 5) is 86.9. The van der Waals surface area contributed by atoms with Gasteiger partial charge in [-0.2, -0.15) is 0 Å². The SMILES string of the molecule is C#CCN(Cc1ccc2nc(C)[nH]c(=O)c2c1)c1ccc(C(=O)N[C@H](CCC(=O)N[C@@H](CCC(=O)OC(C)(C)C)C(=O)OC(C)(C)C)C(=O)OC(C)(C)C)cc1. The number of ether oxygens (including phenoxy) is 3. The van der Waals surface area contributed by atoms with E-state index in [2.05, 4.69) is 26.5 Å². The van der Waals surface area contributed by atoms with Gasteiger partial charge in [0.25, 0.3) is 11.5 Å². The number of aryl methyl sites for hydroxylation is 1. The van der Waals surface area contributed by atoms with E-state index in [1.165, 1.54) is 0 Å². The van der Waals surface area contributed by atoms with Gasteiger partial charge >= 0.3 is 17.9 Å². The molecule has 14 heteroatoms. The van der Waals surface area contributed by atoms with Crippen LogP contribution in [-0.4, -0.2) is 75.1 Å². The first-order chi connectivity index (χ1) is 25.9. The lowest BCUT2D eigenvalue weighted by atomic mass is 10.1. The fourth-order valence-electron chi connectivity index (χ4n) is 5.48. The third kappa shape index (κ3) is 14.8. The molecule has 1 aromatic heterocycles. The molecule has 0 aliphatic rings. The summed E-state index contributed by atoms with van der Waals surface area (Å²) >= 11 is 0. The van der Waals surface area contributed by atoms with Gasteiger partial charge in [-0.3, -0.25) is 19.2 Å². The number of esters is 3. The molecule has 0 bridgehead atoms. The molecule has 3 rings (SSSR count). The first kappa shape index (κ1) is 44.7. The smallest absolute Gasteiger partial charge is 0.329 e. The summed E-state index contributed by atoms with van der Waals surface area (Å²) in [7, 11) is 0. The summed E-state index contributed by atoms with van der Waals surface area (Å²) in [6.07, 6.45) is 5.03. The highest BCUT2D eigenvalue weighted by Gasteiger charge is 2.31. The van der Waals surface area contributed by atoms with Gasteiger partial charge in [0.05, 0.1) is 17.4 Å². The van der Waals surface area contributed by atoms with E-state index >= 15 is 0 Å². The molecule has 0 aliphatic carbocycles. The summed E-state index contributed by atoms with van der Waals surface area (Å²) in [5.41, 5.74) is -0.352. The van der Waals surface area contributed by atoms with Crippen LogP contribution in [0, 0.1) is 19.3 Å². The molecule has 2 amide bonds. The van der Waals surface area contributed by atoms with Crippen molar-refractivity contribution in [2.45, 2.75) is 130 Å². The van der Waals surface area contributed by atoms with Crippen LogP contribution in [0.15, 0.2) is 47.3 Å². The van der Waals surface area contributed by atoms with E-state index in [9.17, 15) is 28.8 Å². The number of hydrogen-bond acceptors (Lipinski definition) is 11. The third-order valence-corrected chi connectivity index (χ3v) is 7.78. The van der Waals surface area contributed by atoms with Crippen LogP contribution >= 0.6 is 0 Å². The van der Waals surface area contributed by atoms with Crippen LogP contribution in [0.25, 0.3) is 10.9 Å². The van der Waals surface area contributed by atoms with Crippen molar-refractivity contribution in [3.05, 3.63) is 69.8 Å². The second kappa shape index (κ2) is 18.8. The van der Waals surface area contributed by atoms with Crippen molar-refractivity contribution in [3.8, 4) is 12.3 Å². The van der Waals surface area contributed by atoms with Gasteiger partial charge in [-0.1, -0.05) is 12.0 Å². The lowest BCUT2D eigenvalue weighted by Crippen LogP contribution is -2.47. The largest absolute Gasteiger partial charge is 0.460 e. The number of fused-ring (bicyclic) bond motifs is 1. The number of aromatic nitrogens is 2. The number of terminal acetylenes is 1. The quantitative estimate of drug-likeness (QED) is 0.107. The van der Waals surface area contributed by atoms with E-state index in [-0.39, 0.29) is 43.4 Å². The Balaban J connectivity index is 1.74. The highest BCUT2D eigenvalue weighted by atomic mass is 16.6. The molecule has 56 heavy (non-hydrogen) atoms. The first-order valence-corrected chi connectivity index (χ1v) is 18.5. The van der Waals surface area contributed by atoms with Crippen molar-refractivity contribution in [2.75, 3.05) is 11.4 Å². The van der Waals surface area contributed by atoms with Crippen LogP contribution in [0.4, 0.5) is 5.69 Å². The minimum atomic E-state index is -1.22. The van der Waals surface area contributed by atoms with Crippen molar-refractivity contribution in [2.24, 2.45) is 0 Å². The number of carbonyl (C=O) groups is 5. The predicted octanol–water partition coefficient (Wildman–Crippen LogP) is 5.04. The number of H-pyrrole nitrogens is 1. The Morgan fingerprint density at radius 3 is 1.91 bits per heavy atom. The summed E-state index contributed by atoms with van der Waals surface area (Å²) in [5.74, 6) is -0.0386. The highest BCUT2D eigenvalue weighted by molar-refractivity contribution is 5.97. The molecule has 0 saturated heterocycles. The monoisotopic (exact) mass is 773 g/mol. The Bertz CT molecular complexity index is 1990. The average molecular weight is 774 g/mol. The van der Waals surface area contributed by atoms with E-state index < -0.39 is 58.6 Å². The standard InChI is InChI=1S/C42H55N5O9/c1-12-23-47(25-27-13-18-31-30(24-27)37(51)44-26(2)43-31)29-16-14-28(15-17-29)36(50)46-33(39(53)56-42(9,10)11)19-21-34(48)45-32(38(52)55-41(6,7)8)20-22-35(49)54-40(3,4)5/h1,13-18,24,32-33H,19-23,25H2,2-11H3,(H,45,48)(H,46,50)(H,43,44,51)/t32-,33+/m0/s1. The van der Waals surface area contributed by atoms with E-state index in [1.807, 2.05) is 11.0 Å². The van der Waals surface area contributed by atoms with Crippen LogP contribution in [0.3, 0.4) is 0 Å². The molecule has 0 radical (unpaired) electrons. The zero-order valence-corrected chi connectivity index (χ0v) is 34.1. The number of benzene rings is 2. The normalized spacial score (nSPS) is 12.8. The molecule has 3 aromatic rings. The fourth-order valence-corrected chi connectivity index (χ4v) is 5.48. The predicted molar refractivity (Wildman–Crippen MR) is 213 cm³/mol. The fraction of sp³-hybridized carbons (Fsp3) is 0.500. The second-order valence-electron chi connectivity index (χ2n) is 16.5. The minimum Gasteiger partial charge on any atom is -0.460 e. The first-order valence-electron chi connectivity index (χ1n) is 18.5. The molecule has 0 fully saturated rings. The van der Waals surface area contributed by atoms with Gasteiger partial charge in [-0.15, -0.1) is 6.42 Å². The Morgan fingerprint density at radius 1 is 0.804 bits per heavy atom. The zero-order chi connectivity index (χ0) is 42.0. The number of hydrogen-bond donors (Lipinski definition) is 3. The topological polar surface area (TPSA) is 186 Å². The molecular formula is C42H55N5O9. The van der Waals surface area contributed by atoms with Gasteiger partial charge in [0.1, 0.15) is 34.7 Å². The maximum absolute atomic E-state index is 13.5. The number of nitrogens with zero attached hydrogens (tertiary/aromatic N) is 2. The van der Waals surface area contributed by atoms with Crippen molar-refractivity contribution in [3.63, 3.8) is 0 Å². The molecule has 0 saturated carbocycles. The van der Waals surface area contributed by atoms with E-state index in [4.69, 9.17) is 20.6 Å². The summed E-state index contributed by atoms with van der Waals surface area (Å²) in [5, 5.41) is 5.76. The van der Waals surface area contributed by atoms with Crippen molar-refractivity contribution >= 4 is 46.3 Å². The molecule has 1 heterocycles. The van der Waals surface area contributed by atoms with Gasteiger partial charge in [0.15, 0.2) is 0 Å². The summed E-state index contributed by atoms with van der Waals surface area (Å²) in [6.45, 7) is 17.6. The minimum absolute atomic E-state index is 0.0736. The van der Waals surface area contributed by atoms with Crippen LogP contribution in [0.1, 0.15) is 110 Å². The van der Waals surface area contributed by atoms with Crippen LogP contribution in [-0.2, 0) is 39.9 Å². The van der Waals surface area contributed by atoms with Crippen molar-refractivity contribution in [1.82, 2.24) is 20.6 Å². The van der Waals surface area contributed by atoms with Crippen LogP contribution in [0.2, 0.25) is 0 Å². The Hall–Kier alpha value is -5.71. The van der Waals surface area contributed by atoms with Crippen LogP contribution in [0.5, 0.6) is 0 Å². The second-order valence-corrected chi connectivity index (χ2v) is 16.5. The Labute approximate surface area is 328 Å². The van der Waals surface area contributed by atoms with Gasteiger partial charge in [-0.05, 0) is 124 Å². The van der Waals surface area contributed by atoms with Gasteiger partial charge < -0.3 is 34.7 Å².